The van der Waals surface area contributed by atoms with Crippen molar-refractivity contribution in [1.29, 1.82) is 0 Å². The molecule has 0 unspecified atom stereocenters. The van der Waals surface area contributed by atoms with Gasteiger partial charge in [0.1, 0.15) is 16.2 Å². The van der Waals surface area contributed by atoms with Gasteiger partial charge in [0, 0.05) is 49.9 Å². The van der Waals surface area contributed by atoms with Gasteiger partial charge in [-0.1, -0.05) is 0 Å². The Morgan fingerprint density at radius 1 is 1.18 bits per heavy atom. The fraction of sp³-hybridized carbons (Fsp3) is 0.417. The lowest BCUT2D eigenvalue weighted by Crippen LogP contribution is -2.44. The first-order valence-electron chi connectivity index (χ1n) is 11.6. The monoisotopic (exact) mass is 464 g/mol. The first kappa shape index (κ1) is 20.7. The molecule has 2 fully saturated rings. The molecule has 1 atom stereocenters. The van der Waals surface area contributed by atoms with Gasteiger partial charge in [-0.05, 0) is 49.5 Å². The van der Waals surface area contributed by atoms with Crippen LogP contribution in [-0.4, -0.2) is 72.3 Å². The SMILES string of the molecule is CN1CCN(c2ccc3nc(-c4c(N[C@@H]5CCCOC5)c5ccsc5[nH]c4=O)[nH]c3c2)CC1. The molecule has 4 aromatic rings. The number of fused-ring (bicyclic) bond motifs is 2. The van der Waals surface area contributed by atoms with Gasteiger partial charge in [0.05, 0.1) is 23.3 Å². The van der Waals surface area contributed by atoms with Gasteiger partial charge >= 0.3 is 0 Å². The van der Waals surface area contributed by atoms with E-state index in [0.29, 0.717) is 18.0 Å². The van der Waals surface area contributed by atoms with Crippen LogP contribution in [0, 0.1) is 0 Å². The topological polar surface area (TPSA) is 89.3 Å². The Hall–Kier alpha value is -2.88. The molecule has 0 saturated carbocycles. The number of ether oxygens (including phenoxy) is 1. The molecule has 0 amide bonds. The maximum Gasteiger partial charge on any atom is 0.262 e. The number of nitrogens with one attached hydrogen (secondary N) is 3. The van der Waals surface area contributed by atoms with Crippen molar-refractivity contribution in [3.05, 3.63) is 40.0 Å². The minimum absolute atomic E-state index is 0.137. The lowest BCUT2D eigenvalue weighted by Gasteiger charge is -2.34. The largest absolute Gasteiger partial charge is 0.379 e. The van der Waals surface area contributed by atoms with Crippen LogP contribution >= 0.6 is 11.3 Å². The van der Waals surface area contributed by atoms with E-state index in [1.54, 1.807) is 0 Å². The highest BCUT2D eigenvalue weighted by Crippen LogP contribution is 2.34. The molecule has 172 valence electrons. The molecule has 8 nitrogen and oxygen atoms in total. The number of likely N-dealkylation sites (N-methyl/N-ethyl adjacent to an activating group) is 1. The zero-order valence-electron chi connectivity index (χ0n) is 18.7. The first-order valence-corrected chi connectivity index (χ1v) is 12.4. The molecular formula is C24H28N6O2S. The van der Waals surface area contributed by atoms with Crippen LogP contribution in [-0.2, 0) is 4.74 Å². The third-order valence-electron chi connectivity index (χ3n) is 6.72. The van der Waals surface area contributed by atoms with Crippen molar-refractivity contribution in [2.45, 2.75) is 18.9 Å². The van der Waals surface area contributed by atoms with Crippen molar-refractivity contribution in [2.75, 3.05) is 56.7 Å². The molecule has 9 heteroatoms. The van der Waals surface area contributed by atoms with E-state index in [2.05, 4.69) is 50.3 Å². The average Bonchev–Trinajstić information content (AvgIpc) is 3.46. The van der Waals surface area contributed by atoms with E-state index in [0.717, 1.165) is 72.6 Å². The average molecular weight is 465 g/mol. The summed E-state index contributed by atoms with van der Waals surface area (Å²) in [5, 5.41) is 6.64. The second-order valence-corrected chi connectivity index (χ2v) is 9.92. The van der Waals surface area contributed by atoms with Crippen molar-refractivity contribution < 1.29 is 4.74 Å². The van der Waals surface area contributed by atoms with E-state index in [1.807, 2.05) is 11.4 Å². The number of hydrogen-bond acceptors (Lipinski definition) is 7. The minimum Gasteiger partial charge on any atom is -0.379 e. The van der Waals surface area contributed by atoms with E-state index in [-0.39, 0.29) is 11.6 Å². The smallest absolute Gasteiger partial charge is 0.262 e. The molecule has 5 heterocycles. The summed E-state index contributed by atoms with van der Waals surface area (Å²) in [5.74, 6) is 0.592. The summed E-state index contributed by atoms with van der Waals surface area (Å²) in [6, 6.07) is 8.55. The number of benzene rings is 1. The zero-order valence-corrected chi connectivity index (χ0v) is 19.5. The third kappa shape index (κ3) is 3.90. The fourth-order valence-electron chi connectivity index (χ4n) is 4.83. The summed E-state index contributed by atoms with van der Waals surface area (Å²) in [5.41, 5.74) is 4.25. The maximum absolute atomic E-state index is 13.2. The van der Waals surface area contributed by atoms with Crippen LogP contribution in [0.4, 0.5) is 11.4 Å². The van der Waals surface area contributed by atoms with E-state index in [9.17, 15) is 4.79 Å². The number of aromatic nitrogens is 3. The van der Waals surface area contributed by atoms with Crippen molar-refractivity contribution in [1.82, 2.24) is 19.9 Å². The summed E-state index contributed by atoms with van der Waals surface area (Å²) >= 11 is 1.54. The molecule has 0 radical (unpaired) electrons. The Bertz CT molecular complexity index is 1340. The number of anilines is 2. The Morgan fingerprint density at radius 3 is 2.88 bits per heavy atom. The second kappa shape index (κ2) is 8.48. The van der Waals surface area contributed by atoms with E-state index in [1.165, 1.54) is 17.0 Å². The van der Waals surface area contributed by atoms with Crippen LogP contribution in [0.1, 0.15) is 12.8 Å². The summed E-state index contributed by atoms with van der Waals surface area (Å²) in [7, 11) is 2.16. The third-order valence-corrected chi connectivity index (χ3v) is 7.55. The van der Waals surface area contributed by atoms with E-state index < -0.39 is 0 Å². The second-order valence-electron chi connectivity index (χ2n) is 9.00. The number of rotatable bonds is 4. The lowest BCUT2D eigenvalue weighted by atomic mass is 10.1. The van der Waals surface area contributed by atoms with Crippen LogP contribution < -0.4 is 15.8 Å². The van der Waals surface area contributed by atoms with E-state index >= 15 is 0 Å². The number of hydrogen-bond donors (Lipinski definition) is 3. The number of H-pyrrole nitrogens is 2. The number of imidazole rings is 1. The predicted molar refractivity (Wildman–Crippen MR) is 135 cm³/mol. The summed E-state index contributed by atoms with van der Waals surface area (Å²) in [6.07, 6.45) is 2.04. The van der Waals surface area contributed by atoms with Crippen LogP contribution in [0.5, 0.6) is 0 Å². The molecule has 2 aliphatic rings. The highest BCUT2D eigenvalue weighted by atomic mass is 32.1. The van der Waals surface area contributed by atoms with Gasteiger partial charge in [-0.15, -0.1) is 11.3 Å². The highest BCUT2D eigenvalue weighted by Gasteiger charge is 2.23. The van der Waals surface area contributed by atoms with Crippen molar-refractivity contribution in [2.24, 2.45) is 0 Å². The van der Waals surface area contributed by atoms with Crippen LogP contribution in [0.3, 0.4) is 0 Å². The fourth-order valence-corrected chi connectivity index (χ4v) is 5.62. The Balaban J connectivity index is 1.41. The molecular weight excluding hydrogens is 436 g/mol. The highest BCUT2D eigenvalue weighted by molar-refractivity contribution is 7.16. The van der Waals surface area contributed by atoms with Crippen LogP contribution in [0.15, 0.2) is 34.4 Å². The van der Waals surface area contributed by atoms with Gasteiger partial charge in [0.25, 0.3) is 5.56 Å². The Kier molecular flexibility index (Phi) is 5.32. The maximum atomic E-state index is 13.2. The standard InChI is InChI=1S/C24H28N6O2S/c1-29-7-9-30(10-8-29)16-4-5-18-19(13-16)27-22(26-18)20-21(25-15-3-2-11-32-14-15)17-6-12-33-24(17)28-23(20)31/h4-6,12-13,15H,2-3,7-11,14H2,1H3,(H,26,27)(H2,25,28,31)/t15-/m1/s1. The molecule has 0 aliphatic carbocycles. The number of nitrogens with zero attached hydrogens (tertiary/aromatic N) is 3. The molecule has 1 aromatic carbocycles. The van der Waals surface area contributed by atoms with Crippen LogP contribution in [0.25, 0.3) is 32.6 Å². The normalized spacial score (nSPS) is 20.0. The summed E-state index contributed by atoms with van der Waals surface area (Å²) < 4.78 is 5.67. The Morgan fingerprint density at radius 2 is 2.06 bits per heavy atom. The van der Waals surface area contributed by atoms with Gasteiger partial charge in [-0.25, -0.2) is 4.98 Å². The number of thiophene rings is 1. The van der Waals surface area contributed by atoms with Crippen LogP contribution in [0.2, 0.25) is 0 Å². The number of aromatic amines is 2. The van der Waals surface area contributed by atoms with Gasteiger partial charge in [-0.3, -0.25) is 4.79 Å². The lowest BCUT2D eigenvalue weighted by molar-refractivity contribution is 0.0876. The summed E-state index contributed by atoms with van der Waals surface area (Å²) in [6.45, 7) is 5.58. The Labute approximate surface area is 195 Å². The zero-order chi connectivity index (χ0) is 22.4. The van der Waals surface area contributed by atoms with Crippen molar-refractivity contribution in [3.63, 3.8) is 0 Å². The molecule has 0 bridgehead atoms. The first-order chi connectivity index (χ1) is 16.2. The van der Waals surface area contributed by atoms with Gasteiger partial charge < -0.3 is 29.8 Å². The van der Waals surface area contributed by atoms with Gasteiger partial charge in [-0.2, -0.15) is 0 Å². The predicted octanol–water partition coefficient (Wildman–Crippen LogP) is 3.48. The molecule has 3 N–H and O–H groups in total. The number of piperazine rings is 1. The molecule has 3 aromatic heterocycles. The van der Waals surface area contributed by atoms with Gasteiger partial charge in [0.2, 0.25) is 0 Å². The van der Waals surface area contributed by atoms with Crippen molar-refractivity contribution >= 4 is 44.0 Å². The molecule has 2 saturated heterocycles. The van der Waals surface area contributed by atoms with Gasteiger partial charge in [0.15, 0.2) is 0 Å². The van der Waals surface area contributed by atoms with Crippen molar-refractivity contribution in [3.8, 4) is 11.4 Å². The van der Waals surface area contributed by atoms with E-state index in [4.69, 9.17) is 9.72 Å². The molecule has 0 spiro atoms. The summed E-state index contributed by atoms with van der Waals surface area (Å²) in [4.78, 5) is 30.1. The quantitative estimate of drug-likeness (QED) is 0.429. The molecule has 2 aliphatic heterocycles. The molecule has 6 rings (SSSR count). The minimum atomic E-state index is -0.137. The molecule has 33 heavy (non-hydrogen) atoms. The number of pyridine rings is 1.